The number of hydrogen-bond acceptors (Lipinski definition) is 5. The van der Waals surface area contributed by atoms with E-state index in [-0.39, 0.29) is 11.9 Å². The molecule has 3 heterocycles. The van der Waals surface area contributed by atoms with Gasteiger partial charge in [0.2, 0.25) is 0 Å². The average Bonchev–Trinajstić information content (AvgIpc) is 3.30. The lowest BCUT2D eigenvalue weighted by atomic mass is 10.1. The highest BCUT2D eigenvalue weighted by Crippen LogP contribution is 2.33. The molecule has 1 aliphatic rings. The number of carbonyl (C=O) groups excluding carboxylic acids is 1. The number of nitrogens with one attached hydrogen (secondary N) is 1. The van der Waals surface area contributed by atoms with Crippen molar-refractivity contribution in [2.75, 3.05) is 6.54 Å². The van der Waals surface area contributed by atoms with Gasteiger partial charge in [-0.05, 0) is 26.7 Å². The molecule has 1 N–H and O–H groups in total. The van der Waals surface area contributed by atoms with Crippen LogP contribution in [0.15, 0.2) is 36.5 Å². The average molecular weight is 348 g/mol. The van der Waals surface area contributed by atoms with Crippen molar-refractivity contribution in [1.82, 2.24) is 30.0 Å². The summed E-state index contributed by atoms with van der Waals surface area (Å²) in [5.74, 6) is 1.99. The molecule has 0 saturated carbocycles. The number of aromatic amines is 1. The molecule has 26 heavy (non-hydrogen) atoms. The van der Waals surface area contributed by atoms with E-state index in [0.29, 0.717) is 29.5 Å². The highest BCUT2D eigenvalue weighted by Gasteiger charge is 2.34. The highest BCUT2D eigenvalue weighted by molar-refractivity contribution is 6.00. The molecule has 0 aliphatic carbocycles. The number of hydrogen-bond donors (Lipinski definition) is 1. The van der Waals surface area contributed by atoms with Gasteiger partial charge in [0.1, 0.15) is 11.6 Å². The fraction of sp³-hybridized carbons (Fsp3) is 0.316. The summed E-state index contributed by atoms with van der Waals surface area (Å²) < 4.78 is 0. The van der Waals surface area contributed by atoms with Crippen molar-refractivity contribution in [3.05, 3.63) is 59.6 Å². The summed E-state index contributed by atoms with van der Waals surface area (Å²) >= 11 is 0. The minimum Gasteiger partial charge on any atom is -0.328 e. The van der Waals surface area contributed by atoms with Gasteiger partial charge in [-0.1, -0.05) is 30.3 Å². The number of likely N-dealkylation sites (tertiary alicyclic amines) is 1. The van der Waals surface area contributed by atoms with E-state index in [1.807, 2.05) is 49.1 Å². The number of aryl methyl sites for hydroxylation is 2. The molecule has 1 aliphatic heterocycles. The van der Waals surface area contributed by atoms with Crippen molar-refractivity contribution in [2.24, 2.45) is 0 Å². The summed E-state index contributed by atoms with van der Waals surface area (Å²) in [6.45, 7) is 4.37. The van der Waals surface area contributed by atoms with Crippen molar-refractivity contribution in [2.45, 2.75) is 32.7 Å². The van der Waals surface area contributed by atoms with Gasteiger partial charge >= 0.3 is 0 Å². The molecule has 2 aromatic heterocycles. The number of H-pyrrole nitrogens is 1. The second-order valence-electron chi connectivity index (χ2n) is 6.48. The van der Waals surface area contributed by atoms with Gasteiger partial charge in [-0.2, -0.15) is 5.10 Å². The normalized spacial score (nSPS) is 16.8. The molecule has 7 nitrogen and oxygen atoms in total. The summed E-state index contributed by atoms with van der Waals surface area (Å²) in [6.07, 6.45) is 3.42. The first-order valence-electron chi connectivity index (χ1n) is 8.72. The monoisotopic (exact) mass is 348 g/mol. The predicted molar refractivity (Wildman–Crippen MR) is 96.3 cm³/mol. The Morgan fingerprint density at radius 1 is 1.19 bits per heavy atom. The molecule has 7 heteroatoms. The molecule has 1 fully saturated rings. The molecule has 1 atom stereocenters. The van der Waals surface area contributed by atoms with Crippen LogP contribution in [-0.2, 0) is 0 Å². The third-order valence-electron chi connectivity index (χ3n) is 4.61. The third-order valence-corrected chi connectivity index (χ3v) is 4.61. The lowest BCUT2D eigenvalue weighted by Gasteiger charge is -2.23. The Labute approximate surface area is 151 Å². The van der Waals surface area contributed by atoms with Crippen LogP contribution in [-0.4, -0.2) is 42.5 Å². The molecule has 0 bridgehead atoms. The number of benzene rings is 1. The molecule has 1 saturated heterocycles. The zero-order chi connectivity index (χ0) is 18.1. The van der Waals surface area contributed by atoms with Gasteiger partial charge in [-0.3, -0.25) is 9.89 Å². The van der Waals surface area contributed by atoms with Gasteiger partial charge < -0.3 is 4.90 Å². The zero-order valence-electron chi connectivity index (χ0n) is 14.8. The van der Waals surface area contributed by atoms with Crippen molar-refractivity contribution in [1.29, 1.82) is 0 Å². The lowest BCUT2D eigenvalue weighted by Crippen LogP contribution is -2.32. The minimum absolute atomic E-state index is 0.0752. The Balaban J connectivity index is 1.72. The maximum atomic E-state index is 13.3. The molecule has 0 radical (unpaired) electrons. The second kappa shape index (κ2) is 6.67. The number of amides is 1. The molecular formula is C19H20N6O. The number of rotatable bonds is 3. The van der Waals surface area contributed by atoms with Crippen molar-refractivity contribution in [3.63, 3.8) is 0 Å². The molecule has 0 unspecified atom stereocenters. The Morgan fingerprint density at radius 2 is 2.00 bits per heavy atom. The summed E-state index contributed by atoms with van der Waals surface area (Å²) in [5.41, 5.74) is 2.09. The van der Waals surface area contributed by atoms with Crippen LogP contribution in [0.5, 0.6) is 0 Å². The van der Waals surface area contributed by atoms with Crippen molar-refractivity contribution < 1.29 is 4.79 Å². The van der Waals surface area contributed by atoms with E-state index in [1.54, 1.807) is 6.20 Å². The van der Waals surface area contributed by atoms with Gasteiger partial charge in [0.05, 0.1) is 17.3 Å². The summed E-state index contributed by atoms with van der Waals surface area (Å²) in [7, 11) is 0. The quantitative estimate of drug-likeness (QED) is 0.786. The molecule has 1 aromatic carbocycles. The van der Waals surface area contributed by atoms with E-state index >= 15 is 0 Å². The van der Waals surface area contributed by atoms with E-state index < -0.39 is 0 Å². The van der Waals surface area contributed by atoms with Crippen LogP contribution in [0.1, 0.15) is 46.7 Å². The van der Waals surface area contributed by atoms with Gasteiger partial charge in [0, 0.05) is 18.3 Å². The number of carbonyl (C=O) groups is 1. The van der Waals surface area contributed by atoms with Crippen LogP contribution in [0.2, 0.25) is 0 Å². The SMILES string of the molecule is Cc1ncc(C(=O)N2CCC[C@@H]2c2n[nH]c(C)n2)c(-c2ccccc2)n1. The molecule has 1 amide bonds. The maximum absolute atomic E-state index is 13.3. The largest absolute Gasteiger partial charge is 0.328 e. The minimum atomic E-state index is -0.114. The van der Waals surface area contributed by atoms with Crippen LogP contribution < -0.4 is 0 Å². The Kier molecular flexibility index (Phi) is 4.20. The zero-order valence-corrected chi connectivity index (χ0v) is 14.8. The molecule has 4 rings (SSSR count). The standard InChI is InChI=1S/C19H20N6O/c1-12-20-11-15(17(21-12)14-7-4-3-5-8-14)19(26)25-10-6-9-16(25)18-22-13(2)23-24-18/h3-5,7-8,11,16H,6,9-10H2,1-2H3,(H,22,23,24)/t16-/m1/s1. The van der Waals surface area contributed by atoms with E-state index in [1.165, 1.54) is 0 Å². The fourth-order valence-corrected chi connectivity index (χ4v) is 3.38. The summed E-state index contributed by atoms with van der Waals surface area (Å²) in [4.78, 5) is 28.4. The third kappa shape index (κ3) is 2.96. The first kappa shape index (κ1) is 16.4. The molecule has 0 spiro atoms. The van der Waals surface area contributed by atoms with Crippen LogP contribution >= 0.6 is 0 Å². The smallest absolute Gasteiger partial charge is 0.258 e. The molecule has 3 aromatic rings. The summed E-state index contributed by atoms with van der Waals surface area (Å²) in [6, 6.07) is 9.63. The van der Waals surface area contributed by atoms with Gasteiger partial charge in [0.15, 0.2) is 5.82 Å². The first-order valence-corrected chi connectivity index (χ1v) is 8.72. The van der Waals surface area contributed by atoms with Crippen molar-refractivity contribution >= 4 is 5.91 Å². The van der Waals surface area contributed by atoms with Crippen LogP contribution in [0.3, 0.4) is 0 Å². The second-order valence-corrected chi connectivity index (χ2v) is 6.48. The van der Waals surface area contributed by atoms with Crippen LogP contribution in [0, 0.1) is 13.8 Å². The van der Waals surface area contributed by atoms with E-state index in [2.05, 4.69) is 25.1 Å². The number of aromatic nitrogens is 5. The lowest BCUT2D eigenvalue weighted by molar-refractivity contribution is 0.0730. The summed E-state index contributed by atoms with van der Waals surface area (Å²) in [5, 5.41) is 7.12. The maximum Gasteiger partial charge on any atom is 0.258 e. The van der Waals surface area contributed by atoms with Gasteiger partial charge in [-0.15, -0.1) is 0 Å². The van der Waals surface area contributed by atoms with E-state index in [9.17, 15) is 4.79 Å². The molecular weight excluding hydrogens is 328 g/mol. The Morgan fingerprint density at radius 3 is 2.73 bits per heavy atom. The van der Waals surface area contributed by atoms with Gasteiger partial charge in [0.25, 0.3) is 5.91 Å². The fourth-order valence-electron chi connectivity index (χ4n) is 3.38. The highest BCUT2D eigenvalue weighted by atomic mass is 16.2. The van der Waals surface area contributed by atoms with E-state index in [4.69, 9.17) is 0 Å². The first-order chi connectivity index (χ1) is 12.6. The topological polar surface area (TPSA) is 87.7 Å². The Hall–Kier alpha value is -3.09. The Bertz CT molecular complexity index is 936. The van der Waals surface area contributed by atoms with Crippen molar-refractivity contribution in [3.8, 4) is 11.3 Å². The van der Waals surface area contributed by atoms with Gasteiger partial charge in [-0.25, -0.2) is 15.0 Å². The van der Waals surface area contributed by atoms with Crippen LogP contribution in [0.25, 0.3) is 11.3 Å². The molecule has 132 valence electrons. The van der Waals surface area contributed by atoms with E-state index in [0.717, 1.165) is 24.2 Å². The number of nitrogens with zero attached hydrogens (tertiary/aromatic N) is 5. The predicted octanol–water partition coefficient (Wildman–Crippen LogP) is 2.86. The van der Waals surface area contributed by atoms with Crippen LogP contribution in [0.4, 0.5) is 0 Å².